The van der Waals surface area contributed by atoms with Gasteiger partial charge in [0.1, 0.15) is 13.2 Å². The van der Waals surface area contributed by atoms with Crippen molar-refractivity contribution in [2.75, 3.05) is 40.6 Å². The number of hydrogen-bond donors (Lipinski definition) is 0. The fourth-order valence-electron chi connectivity index (χ4n) is 0.428. The monoisotopic (exact) mass is 226 g/mol. The smallest absolute Gasteiger partial charge is 0.382 e. The molecule has 0 fully saturated rings. The summed E-state index contributed by atoms with van der Waals surface area (Å²) in [6.07, 6.45) is 0. The summed E-state index contributed by atoms with van der Waals surface area (Å²) in [6.45, 7) is 1.04. The van der Waals surface area contributed by atoms with Crippen molar-refractivity contribution < 1.29 is 32.9 Å². The minimum absolute atomic E-state index is 0.175. The van der Waals surface area contributed by atoms with Crippen LogP contribution in [0.4, 0.5) is 0 Å². The van der Waals surface area contributed by atoms with E-state index in [1.54, 1.807) is 0 Å². The Morgan fingerprint density at radius 3 is 1.64 bits per heavy atom. The van der Waals surface area contributed by atoms with E-state index in [-0.39, 0.29) is 13.2 Å². The zero-order valence-corrected chi connectivity index (χ0v) is 9.19. The van der Waals surface area contributed by atoms with E-state index >= 15 is 0 Å². The summed E-state index contributed by atoms with van der Waals surface area (Å²) in [4.78, 5) is 8.93. The Labute approximate surface area is 83.6 Å². The van der Waals surface area contributed by atoms with Gasteiger partial charge in [-0.15, -0.1) is 0 Å². The van der Waals surface area contributed by atoms with Crippen molar-refractivity contribution >= 4 is 9.17 Å². The molecular weight excluding hydrogens is 212 g/mol. The second-order valence-electron chi connectivity index (χ2n) is 2.05. The molecule has 0 aromatic carbocycles. The summed E-state index contributed by atoms with van der Waals surface area (Å²) in [5, 5.41) is 0. The van der Waals surface area contributed by atoms with Gasteiger partial charge in [-0.05, 0) is 0 Å². The highest BCUT2D eigenvalue weighted by Gasteiger charge is 2.14. The van der Waals surface area contributed by atoms with Crippen LogP contribution in [-0.2, 0) is 32.9 Å². The SMILES string of the molecule is COCCOO[Si](=O)OOCCOC. The van der Waals surface area contributed by atoms with E-state index in [2.05, 4.69) is 28.4 Å². The molecule has 0 saturated heterocycles. The molecule has 0 aromatic heterocycles. The maximum atomic E-state index is 10.8. The molecule has 0 aliphatic heterocycles. The van der Waals surface area contributed by atoms with Crippen LogP contribution < -0.4 is 0 Å². The lowest BCUT2D eigenvalue weighted by Gasteiger charge is -2.03. The van der Waals surface area contributed by atoms with E-state index in [0.717, 1.165) is 0 Å². The minimum Gasteiger partial charge on any atom is -0.382 e. The molecule has 0 N–H and O–H groups in total. The number of ether oxygens (including phenoxy) is 2. The van der Waals surface area contributed by atoms with Crippen molar-refractivity contribution in [3.05, 3.63) is 0 Å². The molecule has 0 aromatic rings. The van der Waals surface area contributed by atoms with Crippen LogP contribution in [0.1, 0.15) is 0 Å². The first-order chi connectivity index (χ1) is 6.81. The van der Waals surface area contributed by atoms with Gasteiger partial charge in [-0.3, -0.25) is 4.46 Å². The Morgan fingerprint density at radius 1 is 0.857 bits per heavy atom. The predicted octanol–water partition coefficient (Wildman–Crippen LogP) is -0.409. The first-order valence-electron chi connectivity index (χ1n) is 3.92. The van der Waals surface area contributed by atoms with Crippen LogP contribution in [0.3, 0.4) is 0 Å². The van der Waals surface area contributed by atoms with Gasteiger partial charge in [-0.1, -0.05) is 0 Å². The second-order valence-corrected chi connectivity index (χ2v) is 2.88. The fraction of sp³-hybridized carbons (Fsp3) is 1.00. The van der Waals surface area contributed by atoms with Gasteiger partial charge in [-0.25, -0.2) is 0 Å². The quantitative estimate of drug-likeness (QED) is 0.217. The molecule has 0 heterocycles. The van der Waals surface area contributed by atoms with E-state index in [1.165, 1.54) is 14.2 Å². The summed E-state index contributed by atoms with van der Waals surface area (Å²) >= 11 is 0. The number of hydrogen-bond acceptors (Lipinski definition) is 7. The molecule has 0 radical (unpaired) electrons. The van der Waals surface area contributed by atoms with Crippen LogP contribution in [-0.4, -0.2) is 49.8 Å². The summed E-state index contributed by atoms with van der Waals surface area (Å²) in [7, 11) is 0.265. The van der Waals surface area contributed by atoms with Gasteiger partial charge in [0.15, 0.2) is 0 Å². The first-order valence-corrected chi connectivity index (χ1v) is 5.14. The molecule has 0 rings (SSSR count). The van der Waals surface area contributed by atoms with E-state index in [0.29, 0.717) is 13.2 Å². The summed E-state index contributed by atoms with van der Waals surface area (Å²) in [5.74, 6) is 0. The van der Waals surface area contributed by atoms with Gasteiger partial charge in [-0.2, -0.15) is 9.78 Å². The second kappa shape index (κ2) is 10.5. The Morgan fingerprint density at radius 2 is 1.29 bits per heavy atom. The average molecular weight is 226 g/mol. The molecule has 84 valence electrons. The van der Waals surface area contributed by atoms with Crippen molar-refractivity contribution in [3.8, 4) is 0 Å². The van der Waals surface area contributed by atoms with Crippen molar-refractivity contribution in [2.45, 2.75) is 0 Å². The lowest BCUT2D eigenvalue weighted by molar-refractivity contribution is -0.290. The van der Waals surface area contributed by atoms with Crippen LogP contribution in [0, 0.1) is 0 Å². The van der Waals surface area contributed by atoms with Crippen LogP contribution in [0.5, 0.6) is 0 Å². The van der Waals surface area contributed by atoms with Gasteiger partial charge in [0.25, 0.3) is 0 Å². The molecule has 14 heavy (non-hydrogen) atoms. The molecular formula is C6H14O7Si. The average Bonchev–Trinajstić information content (AvgIpc) is 2.19. The zero-order chi connectivity index (χ0) is 10.6. The molecule has 0 aliphatic carbocycles. The highest BCUT2D eigenvalue weighted by molar-refractivity contribution is 6.25. The lowest BCUT2D eigenvalue weighted by Crippen LogP contribution is -2.16. The maximum Gasteiger partial charge on any atom is 0.834 e. The van der Waals surface area contributed by atoms with Crippen molar-refractivity contribution in [3.63, 3.8) is 0 Å². The van der Waals surface area contributed by atoms with Gasteiger partial charge in [0, 0.05) is 14.2 Å². The molecule has 0 unspecified atom stereocenters. The third-order valence-corrected chi connectivity index (χ3v) is 1.50. The summed E-state index contributed by atoms with van der Waals surface area (Å²) in [5.41, 5.74) is 0. The minimum atomic E-state index is -2.76. The molecule has 0 spiro atoms. The molecule has 8 heteroatoms. The van der Waals surface area contributed by atoms with E-state index in [4.69, 9.17) is 0 Å². The predicted molar refractivity (Wildman–Crippen MR) is 44.3 cm³/mol. The van der Waals surface area contributed by atoms with Gasteiger partial charge in [0.05, 0.1) is 13.2 Å². The highest BCUT2D eigenvalue weighted by atomic mass is 28.3. The first kappa shape index (κ1) is 13.5. The number of methoxy groups -OCH3 is 2. The van der Waals surface area contributed by atoms with Crippen LogP contribution >= 0.6 is 0 Å². The summed E-state index contributed by atoms with van der Waals surface area (Å²) < 4.78 is 28.7. The zero-order valence-electron chi connectivity index (χ0n) is 8.19. The molecule has 0 aliphatic rings. The Hall–Kier alpha value is -0.543. The van der Waals surface area contributed by atoms with Gasteiger partial charge in [0.2, 0.25) is 0 Å². The van der Waals surface area contributed by atoms with Crippen LogP contribution in [0.15, 0.2) is 0 Å². The standard InChI is InChI=1S/C6H14O7Si/c1-8-3-5-10-12-14(7)13-11-6-4-9-2/h3-6H2,1-2H3. The molecule has 0 amide bonds. The van der Waals surface area contributed by atoms with E-state index < -0.39 is 9.17 Å². The van der Waals surface area contributed by atoms with E-state index in [9.17, 15) is 4.46 Å². The van der Waals surface area contributed by atoms with Gasteiger partial charge >= 0.3 is 9.17 Å². The third-order valence-electron chi connectivity index (χ3n) is 0.996. The highest BCUT2D eigenvalue weighted by Crippen LogP contribution is 1.84. The van der Waals surface area contributed by atoms with Gasteiger partial charge < -0.3 is 18.6 Å². The topological polar surface area (TPSA) is 72.5 Å². The van der Waals surface area contributed by atoms with Crippen molar-refractivity contribution in [1.82, 2.24) is 0 Å². The Kier molecular flexibility index (Phi) is 10.1. The van der Waals surface area contributed by atoms with Crippen molar-refractivity contribution in [1.29, 1.82) is 0 Å². The molecule has 7 nitrogen and oxygen atoms in total. The van der Waals surface area contributed by atoms with Crippen LogP contribution in [0.2, 0.25) is 0 Å². The lowest BCUT2D eigenvalue weighted by atomic mass is 10.8. The van der Waals surface area contributed by atoms with Crippen LogP contribution in [0.25, 0.3) is 0 Å². The largest absolute Gasteiger partial charge is 0.834 e. The molecule has 0 bridgehead atoms. The normalized spacial score (nSPS) is 9.86. The Bertz CT molecular complexity index is 128. The molecule has 0 atom stereocenters. The Balaban J connectivity index is 3.11. The third kappa shape index (κ3) is 9.54. The summed E-state index contributed by atoms with van der Waals surface area (Å²) in [6, 6.07) is 0. The van der Waals surface area contributed by atoms with E-state index in [1.807, 2.05) is 0 Å². The van der Waals surface area contributed by atoms with Crippen molar-refractivity contribution in [2.24, 2.45) is 0 Å². The fourth-order valence-corrected chi connectivity index (χ4v) is 0.815. The molecule has 0 saturated carbocycles. The maximum absolute atomic E-state index is 10.8. The number of rotatable bonds is 10.